The van der Waals surface area contributed by atoms with Gasteiger partial charge >= 0.3 is 5.97 Å². The van der Waals surface area contributed by atoms with Crippen LogP contribution in [0.4, 0.5) is 0 Å². The van der Waals surface area contributed by atoms with E-state index >= 15 is 0 Å². The standard InChI is InChI=1S/C13H22N2O2/c1-3-12(5-8-14)15-9-6-11(7-10-15)13(16)17-4-2/h11-12H,3-7,9-10H2,1-2H3. The fourth-order valence-electron chi connectivity index (χ4n) is 2.40. The molecule has 0 aromatic carbocycles. The summed E-state index contributed by atoms with van der Waals surface area (Å²) < 4.78 is 5.04. The number of rotatable bonds is 5. The molecule has 0 N–H and O–H groups in total. The SMILES string of the molecule is CCOC(=O)C1CCN(C(CC)CC#N)CC1. The van der Waals surface area contributed by atoms with Gasteiger partial charge in [-0.2, -0.15) is 5.26 Å². The highest BCUT2D eigenvalue weighted by Crippen LogP contribution is 2.22. The molecule has 1 fully saturated rings. The first kappa shape index (κ1) is 14.0. The Hall–Kier alpha value is -1.08. The quantitative estimate of drug-likeness (QED) is 0.687. The maximum atomic E-state index is 11.6. The second-order valence-electron chi connectivity index (χ2n) is 4.49. The minimum absolute atomic E-state index is 0.0551. The molecule has 1 unspecified atom stereocenters. The Morgan fingerprint density at radius 1 is 1.47 bits per heavy atom. The van der Waals surface area contributed by atoms with E-state index in [-0.39, 0.29) is 11.9 Å². The van der Waals surface area contributed by atoms with Crippen molar-refractivity contribution in [3.63, 3.8) is 0 Å². The van der Waals surface area contributed by atoms with Crippen LogP contribution in [0.15, 0.2) is 0 Å². The Morgan fingerprint density at radius 2 is 2.12 bits per heavy atom. The van der Waals surface area contributed by atoms with Crippen molar-refractivity contribution < 1.29 is 9.53 Å². The van der Waals surface area contributed by atoms with Crippen molar-refractivity contribution in [3.05, 3.63) is 0 Å². The van der Waals surface area contributed by atoms with Gasteiger partial charge < -0.3 is 4.74 Å². The molecule has 0 amide bonds. The number of ether oxygens (including phenoxy) is 1. The molecule has 1 saturated heterocycles. The zero-order chi connectivity index (χ0) is 12.7. The van der Waals surface area contributed by atoms with E-state index in [9.17, 15) is 4.79 Å². The van der Waals surface area contributed by atoms with Crippen molar-refractivity contribution in [1.82, 2.24) is 4.90 Å². The molecule has 0 bridgehead atoms. The fraction of sp³-hybridized carbons (Fsp3) is 0.846. The lowest BCUT2D eigenvalue weighted by molar-refractivity contribution is -0.149. The molecule has 0 aromatic heterocycles. The first-order valence-corrected chi connectivity index (χ1v) is 6.50. The van der Waals surface area contributed by atoms with E-state index < -0.39 is 0 Å². The van der Waals surface area contributed by atoms with E-state index in [2.05, 4.69) is 17.9 Å². The van der Waals surface area contributed by atoms with E-state index in [1.54, 1.807) is 0 Å². The molecule has 0 aliphatic carbocycles. The van der Waals surface area contributed by atoms with E-state index in [1.165, 1.54) is 0 Å². The highest BCUT2D eigenvalue weighted by Gasteiger charge is 2.28. The largest absolute Gasteiger partial charge is 0.466 e. The molecule has 0 radical (unpaired) electrons. The van der Waals surface area contributed by atoms with Gasteiger partial charge in [-0.15, -0.1) is 0 Å². The predicted octanol–water partition coefficient (Wildman–Crippen LogP) is 1.95. The van der Waals surface area contributed by atoms with Crippen LogP contribution in [0.5, 0.6) is 0 Å². The summed E-state index contributed by atoms with van der Waals surface area (Å²) in [7, 11) is 0. The Balaban J connectivity index is 2.39. The smallest absolute Gasteiger partial charge is 0.309 e. The third-order valence-electron chi connectivity index (χ3n) is 3.46. The molecule has 0 saturated carbocycles. The second kappa shape index (κ2) is 7.29. The fourth-order valence-corrected chi connectivity index (χ4v) is 2.40. The summed E-state index contributed by atoms with van der Waals surface area (Å²) in [5.41, 5.74) is 0. The van der Waals surface area contributed by atoms with Crippen molar-refractivity contribution in [3.8, 4) is 6.07 Å². The van der Waals surface area contributed by atoms with Crippen LogP contribution in [0.25, 0.3) is 0 Å². The van der Waals surface area contributed by atoms with Crippen LogP contribution in [0.3, 0.4) is 0 Å². The van der Waals surface area contributed by atoms with Crippen LogP contribution < -0.4 is 0 Å². The van der Waals surface area contributed by atoms with E-state index in [0.29, 0.717) is 19.1 Å². The average Bonchev–Trinajstić information content (AvgIpc) is 2.36. The Bertz CT molecular complexity index is 278. The van der Waals surface area contributed by atoms with Gasteiger partial charge in [0.1, 0.15) is 0 Å². The topological polar surface area (TPSA) is 53.3 Å². The van der Waals surface area contributed by atoms with Crippen molar-refractivity contribution >= 4 is 5.97 Å². The zero-order valence-electron chi connectivity index (χ0n) is 10.8. The monoisotopic (exact) mass is 238 g/mol. The van der Waals surface area contributed by atoms with E-state index in [0.717, 1.165) is 32.4 Å². The van der Waals surface area contributed by atoms with Crippen LogP contribution in [-0.4, -0.2) is 36.6 Å². The van der Waals surface area contributed by atoms with Crippen LogP contribution in [0.2, 0.25) is 0 Å². The van der Waals surface area contributed by atoms with E-state index in [1.807, 2.05) is 6.92 Å². The van der Waals surface area contributed by atoms with Gasteiger partial charge in [0.2, 0.25) is 0 Å². The van der Waals surface area contributed by atoms with Gasteiger partial charge in [-0.3, -0.25) is 9.69 Å². The first-order chi connectivity index (χ1) is 8.22. The third-order valence-corrected chi connectivity index (χ3v) is 3.46. The van der Waals surface area contributed by atoms with Crippen molar-refractivity contribution in [2.24, 2.45) is 5.92 Å². The van der Waals surface area contributed by atoms with Gasteiger partial charge in [-0.1, -0.05) is 6.92 Å². The molecule has 1 heterocycles. The van der Waals surface area contributed by atoms with Crippen LogP contribution in [0, 0.1) is 17.2 Å². The lowest BCUT2D eigenvalue weighted by Crippen LogP contribution is -2.42. The summed E-state index contributed by atoms with van der Waals surface area (Å²) in [4.78, 5) is 13.9. The highest BCUT2D eigenvalue weighted by molar-refractivity contribution is 5.72. The van der Waals surface area contributed by atoms with Crippen LogP contribution in [-0.2, 0) is 9.53 Å². The summed E-state index contributed by atoms with van der Waals surface area (Å²) in [6, 6.07) is 2.59. The molecule has 4 nitrogen and oxygen atoms in total. The van der Waals surface area contributed by atoms with Crippen molar-refractivity contribution in [2.45, 2.75) is 45.6 Å². The van der Waals surface area contributed by atoms with Crippen LogP contribution in [0.1, 0.15) is 39.5 Å². The van der Waals surface area contributed by atoms with Gasteiger partial charge in [0.25, 0.3) is 0 Å². The number of nitriles is 1. The lowest BCUT2D eigenvalue weighted by atomic mass is 9.95. The number of piperidine rings is 1. The number of likely N-dealkylation sites (tertiary alicyclic amines) is 1. The highest BCUT2D eigenvalue weighted by atomic mass is 16.5. The molecule has 1 aliphatic heterocycles. The maximum Gasteiger partial charge on any atom is 0.309 e. The van der Waals surface area contributed by atoms with Gasteiger partial charge in [0, 0.05) is 6.04 Å². The first-order valence-electron chi connectivity index (χ1n) is 6.50. The molecule has 4 heteroatoms. The molecule has 1 rings (SSSR count). The minimum atomic E-state index is -0.0551. The third kappa shape index (κ3) is 4.01. The summed E-state index contributed by atoms with van der Waals surface area (Å²) in [5, 5.41) is 8.76. The molecular weight excluding hydrogens is 216 g/mol. The number of nitrogens with zero attached hydrogens (tertiary/aromatic N) is 2. The molecular formula is C13H22N2O2. The molecule has 0 spiro atoms. The van der Waals surface area contributed by atoms with Gasteiger partial charge in [0.05, 0.1) is 25.0 Å². The minimum Gasteiger partial charge on any atom is -0.466 e. The van der Waals surface area contributed by atoms with Gasteiger partial charge in [-0.05, 0) is 39.3 Å². The summed E-state index contributed by atoms with van der Waals surface area (Å²) in [6.45, 7) is 6.23. The average molecular weight is 238 g/mol. The second-order valence-corrected chi connectivity index (χ2v) is 4.49. The number of esters is 1. The summed E-state index contributed by atoms with van der Waals surface area (Å²) >= 11 is 0. The Labute approximate surface area is 104 Å². The predicted molar refractivity (Wildman–Crippen MR) is 65.2 cm³/mol. The van der Waals surface area contributed by atoms with Gasteiger partial charge in [0.15, 0.2) is 0 Å². The molecule has 96 valence electrons. The lowest BCUT2D eigenvalue weighted by Gasteiger charge is -2.35. The molecule has 1 atom stereocenters. The Kier molecular flexibility index (Phi) is 5.99. The number of carbonyl (C=O) groups excluding carboxylic acids is 1. The van der Waals surface area contributed by atoms with E-state index in [4.69, 9.17) is 10.00 Å². The zero-order valence-corrected chi connectivity index (χ0v) is 10.8. The number of hydrogen-bond acceptors (Lipinski definition) is 4. The number of carbonyl (C=O) groups is 1. The van der Waals surface area contributed by atoms with Crippen LogP contribution >= 0.6 is 0 Å². The summed E-state index contributed by atoms with van der Waals surface area (Å²) in [5.74, 6) is 0.00581. The van der Waals surface area contributed by atoms with Crippen molar-refractivity contribution in [1.29, 1.82) is 5.26 Å². The molecule has 0 aromatic rings. The van der Waals surface area contributed by atoms with Crippen molar-refractivity contribution in [2.75, 3.05) is 19.7 Å². The molecule has 17 heavy (non-hydrogen) atoms. The number of hydrogen-bond donors (Lipinski definition) is 0. The van der Waals surface area contributed by atoms with Gasteiger partial charge in [-0.25, -0.2) is 0 Å². The molecule has 1 aliphatic rings. The maximum absolute atomic E-state index is 11.6. The Morgan fingerprint density at radius 3 is 2.59 bits per heavy atom. The summed E-state index contributed by atoms with van der Waals surface area (Å²) in [6.07, 6.45) is 3.31. The normalized spacial score (nSPS) is 19.6.